The van der Waals surface area contributed by atoms with Crippen LogP contribution in [0, 0.1) is 0 Å². The normalized spacial score (nSPS) is 16.3. The first kappa shape index (κ1) is 11.0. The first-order chi connectivity index (χ1) is 7.85. The zero-order valence-corrected chi connectivity index (χ0v) is 9.23. The number of nitrogens with one attached hydrogen (secondary N) is 1. The highest BCUT2D eigenvalue weighted by atomic mass is 16.5. The monoisotopic (exact) mass is 221 g/mol. The van der Waals surface area contributed by atoms with Crippen LogP contribution in [0.5, 0.6) is 11.5 Å². The molecule has 0 radical (unpaired) electrons. The second-order valence-electron chi connectivity index (χ2n) is 3.66. The number of aldehydes is 1. The van der Waals surface area contributed by atoms with Crippen molar-refractivity contribution in [2.75, 3.05) is 20.3 Å². The summed E-state index contributed by atoms with van der Waals surface area (Å²) in [5, 5.41) is 2.93. The van der Waals surface area contributed by atoms with Crippen LogP contribution in [0.15, 0.2) is 18.2 Å². The van der Waals surface area contributed by atoms with Crippen LogP contribution >= 0.6 is 0 Å². The second kappa shape index (κ2) is 4.99. The predicted octanol–water partition coefficient (Wildman–Crippen LogP) is 1.31. The molecule has 1 aromatic rings. The summed E-state index contributed by atoms with van der Waals surface area (Å²) >= 11 is 0. The van der Waals surface area contributed by atoms with E-state index < -0.39 is 0 Å². The summed E-state index contributed by atoms with van der Waals surface area (Å²) in [4.78, 5) is 10.8. The lowest BCUT2D eigenvalue weighted by molar-refractivity contribution is -0.109. The van der Waals surface area contributed by atoms with Crippen molar-refractivity contribution in [3.8, 4) is 11.5 Å². The molecule has 1 atom stereocenters. The molecule has 0 amide bonds. The van der Waals surface area contributed by atoms with Crippen LogP contribution in [-0.2, 0) is 4.79 Å². The topological polar surface area (TPSA) is 47.6 Å². The van der Waals surface area contributed by atoms with Crippen LogP contribution in [0.4, 0.5) is 0 Å². The van der Waals surface area contributed by atoms with Gasteiger partial charge in [0.2, 0.25) is 0 Å². The van der Waals surface area contributed by atoms with Crippen molar-refractivity contribution >= 4 is 6.29 Å². The van der Waals surface area contributed by atoms with Gasteiger partial charge in [0, 0.05) is 6.42 Å². The molecule has 86 valence electrons. The summed E-state index contributed by atoms with van der Waals surface area (Å²) in [6, 6.07) is 5.29. The molecule has 0 spiro atoms. The Balaban J connectivity index is 2.29. The molecule has 16 heavy (non-hydrogen) atoms. The minimum Gasteiger partial charge on any atom is -0.490 e. The van der Waals surface area contributed by atoms with Crippen LogP contribution in [0.2, 0.25) is 0 Å². The zero-order chi connectivity index (χ0) is 11.4. The molecule has 0 aromatic heterocycles. The van der Waals surface area contributed by atoms with Gasteiger partial charge >= 0.3 is 0 Å². The number of carbonyl (C=O) groups excluding carboxylic acids is 1. The summed E-state index contributed by atoms with van der Waals surface area (Å²) in [7, 11) is 1.75. The summed E-state index contributed by atoms with van der Waals surface area (Å²) in [6.45, 7) is 1.33. The third-order valence-electron chi connectivity index (χ3n) is 2.58. The van der Waals surface area contributed by atoms with E-state index in [1.807, 2.05) is 18.2 Å². The number of rotatable bonds is 3. The van der Waals surface area contributed by atoms with E-state index in [0.717, 1.165) is 29.8 Å². The van der Waals surface area contributed by atoms with Crippen molar-refractivity contribution in [2.24, 2.45) is 0 Å². The minimum atomic E-state index is -0.294. The Morgan fingerprint density at radius 2 is 2.06 bits per heavy atom. The van der Waals surface area contributed by atoms with Crippen LogP contribution in [0.1, 0.15) is 18.0 Å². The van der Waals surface area contributed by atoms with E-state index in [9.17, 15) is 4.79 Å². The highest BCUT2D eigenvalue weighted by molar-refractivity contribution is 5.62. The van der Waals surface area contributed by atoms with E-state index in [-0.39, 0.29) is 6.04 Å². The Morgan fingerprint density at radius 1 is 1.31 bits per heavy atom. The van der Waals surface area contributed by atoms with Gasteiger partial charge in [-0.15, -0.1) is 0 Å². The molecule has 0 saturated heterocycles. The first-order valence-electron chi connectivity index (χ1n) is 5.37. The van der Waals surface area contributed by atoms with Crippen molar-refractivity contribution < 1.29 is 14.3 Å². The number of benzene rings is 1. The second-order valence-corrected chi connectivity index (χ2v) is 3.66. The van der Waals surface area contributed by atoms with Gasteiger partial charge in [-0.3, -0.25) is 0 Å². The SMILES string of the molecule is CNC(C=O)c1ccc2c(c1)OCCCO2. The van der Waals surface area contributed by atoms with Gasteiger partial charge < -0.3 is 19.6 Å². The average molecular weight is 221 g/mol. The summed E-state index contributed by atoms with van der Waals surface area (Å²) < 4.78 is 11.1. The van der Waals surface area contributed by atoms with E-state index in [1.54, 1.807) is 7.05 Å². The minimum absolute atomic E-state index is 0.294. The Kier molecular flexibility index (Phi) is 3.41. The molecule has 0 saturated carbocycles. The fourth-order valence-corrected chi connectivity index (χ4v) is 1.69. The lowest BCUT2D eigenvalue weighted by Crippen LogP contribution is -2.17. The number of ether oxygens (including phenoxy) is 2. The number of fused-ring (bicyclic) bond motifs is 1. The van der Waals surface area contributed by atoms with Gasteiger partial charge in [0.1, 0.15) is 6.29 Å². The number of likely N-dealkylation sites (N-methyl/N-ethyl adjacent to an activating group) is 1. The zero-order valence-electron chi connectivity index (χ0n) is 9.23. The Labute approximate surface area is 94.6 Å². The fourth-order valence-electron chi connectivity index (χ4n) is 1.69. The molecule has 1 aliphatic rings. The average Bonchev–Trinajstić information content (AvgIpc) is 2.55. The maximum Gasteiger partial charge on any atom is 0.161 e. The van der Waals surface area contributed by atoms with Crippen molar-refractivity contribution in [3.05, 3.63) is 23.8 Å². The molecule has 1 aliphatic heterocycles. The third kappa shape index (κ3) is 2.17. The molecule has 1 heterocycles. The van der Waals surface area contributed by atoms with E-state index >= 15 is 0 Å². The molecule has 2 rings (SSSR count). The quantitative estimate of drug-likeness (QED) is 0.782. The van der Waals surface area contributed by atoms with Crippen LogP contribution in [0.3, 0.4) is 0 Å². The highest BCUT2D eigenvalue weighted by Crippen LogP contribution is 2.31. The van der Waals surface area contributed by atoms with E-state index in [1.165, 1.54) is 0 Å². The summed E-state index contributed by atoms with van der Waals surface area (Å²) in [6.07, 6.45) is 1.76. The molecule has 1 unspecified atom stereocenters. The standard InChI is InChI=1S/C12H15NO3/c1-13-10(8-14)9-3-4-11-12(7-9)16-6-2-5-15-11/h3-4,7-8,10,13H,2,5-6H2,1H3. The number of hydrogen-bond donors (Lipinski definition) is 1. The Morgan fingerprint density at radius 3 is 2.75 bits per heavy atom. The third-order valence-corrected chi connectivity index (χ3v) is 2.58. The lowest BCUT2D eigenvalue weighted by atomic mass is 10.1. The summed E-state index contributed by atoms with van der Waals surface area (Å²) in [5.74, 6) is 1.47. The van der Waals surface area contributed by atoms with Crippen molar-refractivity contribution in [3.63, 3.8) is 0 Å². The van der Waals surface area contributed by atoms with Gasteiger partial charge in [-0.1, -0.05) is 6.07 Å². The molecule has 0 bridgehead atoms. The largest absolute Gasteiger partial charge is 0.490 e. The molecule has 4 heteroatoms. The Bertz CT molecular complexity index is 379. The van der Waals surface area contributed by atoms with E-state index in [4.69, 9.17) is 9.47 Å². The molecule has 1 aromatic carbocycles. The van der Waals surface area contributed by atoms with E-state index in [0.29, 0.717) is 13.2 Å². The van der Waals surface area contributed by atoms with Crippen molar-refractivity contribution in [1.82, 2.24) is 5.32 Å². The fraction of sp³-hybridized carbons (Fsp3) is 0.417. The molecule has 0 aliphatic carbocycles. The number of carbonyl (C=O) groups is 1. The Hall–Kier alpha value is -1.55. The molecule has 4 nitrogen and oxygen atoms in total. The van der Waals surface area contributed by atoms with E-state index in [2.05, 4.69) is 5.32 Å². The maximum atomic E-state index is 10.8. The maximum absolute atomic E-state index is 10.8. The predicted molar refractivity (Wildman–Crippen MR) is 59.9 cm³/mol. The molecular formula is C12H15NO3. The van der Waals surface area contributed by atoms with Crippen LogP contribution < -0.4 is 14.8 Å². The molecular weight excluding hydrogens is 206 g/mol. The van der Waals surface area contributed by atoms with Gasteiger partial charge in [0.25, 0.3) is 0 Å². The molecule has 0 fully saturated rings. The molecule has 1 N–H and O–H groups in total. The smallest absolute Gasteiger partial charge is 0.161 e. The number of hydrogen-bond acceptors (Lipinski definition) is 4. The van der Waals surface area contributed by atoms with Crippen molar-refractivity contribution in [1.29, 1.82) is 0 Å². The van der Waals surface area contributed by atoms with Gasteiger partial charge in [-0.25, -0.2) is 0 Å². The van der Waals surface area contributed by atoms with Gasteiger partial charge in [0.15, 0.2) is 11.5 Å². The summed E-state index contributed by atoms with van der Waals surface area (Å²) in [5.41, 5.74) is 0.891. The van der Waals surface area contributed by atoms with Crippen molar-refractivity contribution in [2.45, 2.75) is 12.5 Å². The van der Waals surface area contributed by atoms with Crippen LogP contribution in [-0.4, -0.2) is 26.5 Å². The lowest BCUT2D eigenvalue weighted by Gasteiger charge is -2.13. The van der Waals surface area contributed by atoms with Gasteiger partial charge in [-0.05, 0) is 24.7 Å². The van der Waals surface area contributed by atoms with Gasteiger partial charge in [0.05, 0.1) is 19.3 Å². The van der Waals surface area contributed by atoms with Gasteiger partial charge in [-0.2, -0.15) is 0 Å². The highest BCUT2D eigenvalue weighted by Gasteiger charge is 2.14. The van der Waals surface area contributed by atoms with Crippen LogP contribution in [0.25, 0.3) is 0 Å². The first-order valence-corrected chi connectivity index (χ1v) is 5.37.